The summed E-state index contributed by atoms with van der Waals surface area (Å²) in [6.07, 6.45) is 1.07. The minimum Gasteiger partial charge on any atom is -0.387 e. The molecule has 12 atom stereocenters. The number of aliphatic hydroxyl groups excluding tert-OH is 1. The molecule has 8 saturated heterocycles. The molecule has 17 nitrogen and oxygen atoms in total. The van der Waals surface area contributed by atoms with E-state index in [1.165, 1.54) is 0 Å². The highest BCUT2D eigenvalue weighted by Crippen LogP contribution is 2.43. The number of fused-ring (bicyclic) bond motifs is 2. The summed E-state index contributed by atoms with van der Waals surface area (Å²) in [6.45, 7) is 20.5. The van der Waals surface area contributed by atoms with Crippen molar-refractivity contribution in [3.05, 3.63) is 0 Å². The molecule has 17 heteroatoms. The Kier molecular flexibility index (Phi) is 12.6. The number of hydrogen-bond acceptors (Lipinski definition) is 17. The van der Waals surface area contributed by atoms with Crippen molar-refractivity contribution in [1.82, 2.24) is 0 Å². The maximum atomic E-state index is 10.3. The second-order valence-electron chi connectivity index (χ2n) is 17.0. The van der Waals surface area contributed by atoms with Gasteiger partial charge in [-0.3, -0.25) is 0 Å². The fraction of sp³-hybridized carbons (Fsp3) is 1.00. The highest BCUT2D eigenvalue weighted by atomic mass is 17.2. The van der Waals surface area contributed by atoms with Gasteiger partial charge in [0.2, 0.25) is 0 Å². The molecule has 8 rings (SSSR count). The van der Waals surface area contributed by atoms with Gasteiger partial charge in [0, 0.05) is 12.8 Å². The molecule has 8 aliphatic rings. The fourth-order valence-electron chi connectivity index (χ4n) is 7.60. The van der Waals surface area contributed by atoms with Gasteiger partial charge in [-0.15, -0.1) is 0 Å². The summed E-state index contributed by atoms with van der Waals surface area (Å²) in [5, 5.41) is 18.6. The van der Waals surface area contributed by atoms with E-state index >= 15 is 0 Å². The third-order valence-corrected chi connectivity index (χ3v) is 10.3. The minimum absolute atomic E-state index is 0.292. The molecule has 0 aromatic rings. The van der Waals surface area contributed by atoms with Crippen molar-refractivity contribution in [3.8, 4) is 0 Å². The highest BCUT2D eigenvalue weighted by molar-refractivity contribution is 4.99. The van der Waals surface area contributed by atoms with Gasteiger partial charge in [-0.05, 0) is 94.9 Å². The van der Waals surface area contributed by atoms with E-state index in [4.69, 9.17) is 71.9 Å². The molecule has 0 spiro atoms. The second kappa shape index (κ2) is 15.9. The van der Waals surface area contributed by atoms with E-state index in [0.717, 1.165) is 38.5 Å². The van der Waals surface area contributed by atoms with Crippen molar-refractivity contribution < 1.29 is 81.9 Å². The monoisotopic (exact) mass is 766 g/mol. The van der Waals surface area contributed by atoms with Crippen LogP contribution in [0.2, 0.25) is 0 Å². The molecule has 0 aromatic carbocycles. The van der Waals surface area contributed by atoms with Crippen LogP contribution in [-0.2, 0) is 71.5 Å². The lowest BCUT2D eigenvalue weighted by atomic mass is 10.1. The molecule has 0 aliphatic carbocycles. The molecule has 0 bridgehead atoms. The molecule has 0 aromatic heterocycles. The standard InChI is InChI=1S/C18H30O8.C12H20O6.C6H12O3/c1-16(2)20-10-11(22-16)12-13(14-15(21-12)24-17(3,4)23-14)25-26-18(5)8-6-7-9-19-18;1-11(2)14-5-6(16-11)8-7(13)9-10(15-8)18-12(3,4)17-9;1-6(9-7)4-2-3-5-8-6/h11-15H,6-10H2,1-5H3;6-10,13H,5H2,1-4H3;7H,2-5H2,1H3/t11-,12-,13-,14?,15-,18?;6-,7+,8-,9?,10-;/m11./s1. The molecule has 0 amide bonds. The molecular weight excluding hydrogens is 704 g/mol. The third-order valence-electron chi connectivity index (χ3n) is 10.3. The maximum Gasteiger partial charge on any atom is 0.198 e. The first-order valence-corrected chi connectivity index (χ1v) is 19.0. The Morgan fingerprint density at radius 1 is 0.509 bits per heavy atom. The summed E-state index contributed by atoms with van der Waals surface area (Å²) in [5.41, 5.74) is 0. The van der Waals surface area contributed by atoms with Crippen LogP contribution in [-0.4, -0.2) is 133 Å². The normalized spacial score (nSPS) is 46.2. The minimum atomic E-state index is -0.765. The predicted molar refractivity (Wildman–Crippen MR) is 179 cm³/mol. The summed E-state index contributed by atoms with van der Waals surface area (Å²) in [5.74, 6) is -4.23. The van der Waals surface area contributed by atoms with Gasteiger partial charge < -0.3 is 61.9 Å². The van der Waals surface area contributed by atoms with Crippen molar-refractivity contribution in [2.75, 3.05) is 26.4 Å². The average molecular weight is 767 g/mol. The largest absolute Gasteiger partial charge is 0.387 e. The zero-order valence-corrected chi connectivity index (χ0v) is 32.9. The number of aliphatic hydroxyl groups is 1. The van der Waals surface area contributed by atoms with Crippen LogP contribution in [0.4, 0.5) is 0 Å². The Hall–Kier alpha value is -0.680. The van der Waals surface area contributed by atoms with E-state index in [1.807, 2.05) is 48.5 Å². The Morgan fingerprint density at radius 3 is 1.45 bits per heavy atom. The predicted octanol–water partition coefficient (Wildman–Crippen LogP) is 4.02. The van der Waals surface area contributed by atoms with Crippen LogP contribution >= 0.6 is 0 Å². The Bertz CT molecular complexity index is 1200. The quantitative estimate of drug-likeness (QED) is 0.292. The van der Waals surface area contributed by atoms with Gasteiger partial charge in [0.15, 0.2) is 53.4 Å². The maximum absolute atomic E-state index is 10.3. The summed E-state index contributed by atoms with van der Waals surface area (Å²) in [4.78, 5) is 15.8. The van der Waals surface area contributed by atoms with Crippen LogP contribution < -0.4 is 0 Å². The number of hydrogen-bond donors (Lipinski definition) is 2. The van der Waals surface area contributed by atoms with Gasteiger partial charge in [0.25, 0.3) is 0 Å². The molecule has 308 valence electrons. The molecule has 8 fully saturated rings. The van der Waals surface area contributed by atoms with Gasteiger partial charge in [-0.2, -0.15) is 0 Å². The van der Waals surface area contributed by atoms with E-state index in [2.05, 4.69) is 4.89 Å². The van der Waals surface area contributed by atoms with Gasteiger partial charge in [-0.1, -0.05) is 0 Å². The van der Waals surface area contributed by atoms with E-state index in [1.54, 1.807) is 20.8 Å². The lowest BCUT2D eigenvalue weighted by molar-refractivity contribution is -0.456. The van der Waals surface area contributed by atoms with Crippen LogP contribution in [0, 0.1) is 0 Å². The lowest BCUT2D eigenvalue weighted by Gasteiger charge is -2.34. The van der Waals surface area contributed by atoms with E-state index in [0.29, 0.717) is 26.4 Å². The summed E-state index contributed by atoms with van der Waals surface area (Å²) in [6, 6.07) is 0. The summed E-state index contributed by atoms with van der Waals surface area (Å²) < 4.78 is 68.6. The zero-order valence-electron chi connectivity index (χ0n) is 32.9. The molecular formula is C36H62O17. The first-order chi connectivity index (χ1) is 24.7. The Morgan fingerprint density at radius 2 is 1.00 bits per heavy atom. The highest BCUT2D eigenvalue weighted by Gasteiger charge is 2.60. The first-order valence-electron chi connectivity index (χ1n) is 19.0. The fourth-order valence-corrected chi connectivity index (χ4v) is 7.60. The molecule has 0 radical (unpaired) electrons. The molecule has 8 heterocycles. The molecule has 2 N–H and O–H groups in total. The van der Waals surface area contributed by atoms with Crippen LogP contribution in [0.25, 0.3) is 0 Å². The number of rotatable bonds is 6. The summed E-state index contributed by atoms with van der Waals surface area (Å²) >= 11 is 0. The molecule has 0 saturated carbocycles. The average Bonchev–Trinajstić information content (AvgIpc) is 3.90. The lowest BCUT2D eigenvalue weighted by Crippen LogP contribution is -2.46. The van der Waals surface area contributed by atoms with E-state index in [9.17, 15) is 5.11 Å². The van der Waals surface area contributed by atoms with Crippen molar-refractivity contribution >= 4 is 0 Å². The molecule has 4 unspecified atom stereocenters. The van der Waals surface area contributed by atoms with Gasteiger partial charge >= 0.3 is 0 Å². The van der Waals surface area contributed by atoms with Crippen molar-refractivity contribution in [1.29, 1.82) is 0 Å². The Labute approximate surface area is 312 Å². The number of ether oxygens (including phenoxy) is 12. The van der Waals surface area contributed by atoms with Gasteiger partial charge in [-0.25, -0.2) is 19.9 Å². The smallest absolute Gasteiger partial charge is 0.198 e. The van der Waals surface area contributed by atoms with Crippen LogP contribution in [0.3, 0.4) is 0 Å². The van der Waals surface area contributed by atoms with E-state index in [-0.39, 0.29) is 12.2 Å². The third kappa shape index (κ3) is 10.3. The molecule has 8 aliphatic heterocycles. The summed E-state index contributed by atoms with van der Waals surface area (Å²) in [7, 11) is 0. The van der Waals surface area contributed by atoms with E-state index < -0.39 is 83.9 Å². The van der Waals surface area contributed by atoms with Gasteiger partial charge in [0.05, 0.1) is 26.4 Å². The van der Waals surface area contributed by atoms with Crippen LogP contribution in [0.5, 0.6) is 0 Å². The van der Waals surface area contributed by atoms with Crippen LogP contribution in [0.1, 0.15) is 108 Å². The van der Waals surface area contributed by atoms with Crippen molar-refractivity contribution in [3.63, 3.8) is 0 Å². The second-order valence-corrected chi connectivity index (χ2v) is 17.0. The first kappa shape index (κ1) is 41.9. The zero-order chi connectivity index (χ0) is 38.5. The van der Waals surface area contributed by atoms with Crippen molar-refractivity contribution in [2.24, 2.45) is 0 Å². The Balaban J connectivity index is 0.000000153. The molecule has 53 heavy (non-hydrogen) atoms. The van der Waals surface area contributed by atoms with Crippen LogP contribution in [0.15, 0.2) is 0 Å². The van der Waals surface area contributed by atoms with Crippen molar-refractivity contribution in [2.45, 2.75) is 204 Å². The topological polar surface area (TPSA) is 179 Å². The van der Waals surface area contributed by atoms with Gasteiger partial charge in [0.1, 0.15) is 42.7 Å². The SMILES string of the molecule is CC1(C)OC2[C@H](O[C@H]([C@H]3COC(C)(C)O3)[C@@H]2O)O1.CC1(C)OC2[C@H](O[C@H]([C@H]3COC(C)(C)O3)[C@H]2OOC2(C)CCCCO2)O1.CC1(OO)CCCCO1.